The maximum Gasteiger partial charge on any atom is 0.471 e. The van der Waals surface area contributed by atoms with Gasteiger partial charge in [-0.25, -0.2) is 13.4 Å². The molecule has 0 spiro atoms. The molecule has 0 aliphatic carbocycles. The molecule has 1 fully saturated rings. The Morgan fingerprint density at radius 2 is 1.74 bits per heavy atom. The molecule has 0 radical (unpaired) electrons. The fraction of sp³-hybridized carbons (Fsp3) is 0.333. The summed E-state index contributed by atoms with van der Waals surface area (Å²) < 4.78 is 64.4. The third-order valence-electron chi connectivity index (χ3n) is 3.98. The number of amides is 1. The number of nitrogens with zero attached hydrogens (tertiary/aromatic N) is 3. The smallest absolute Gasteiger partial charge is 0.368 e. The number of carbonyl (C=O) groups excluding carboxylic acids is 1. The van der Waals surface area contributed by atoms with E-state index in [1.807, 2.05) is 0 Å². The van der Waals surface area contributed by atoms with Gasteiger partial charge in [-0.3, -0.25) is 9.52 Å². The lowest BCUT2D eigenvalue weighted by molar-refractivity contribution is -0.185. The van der Waals surface area contributed by atoms with Gasteiger partial charge in [0.2, 0.25) is 0 Å². The first-order valence-electron chi connectivity index (χ1n) is 7.80. The molecule has 1 aliphatic rings. The number of benzene rings is 1. The second-order valence-corrected chi connectivity index (χ2v) is 8.29. The number of nitrogens with one attached hydrogen (secondary N) is 1. The van der Waals surface area contributed by atoms with E-state index in [-0.39, 0.29) is 36.2 Å². The highest BCUT2D eigenvalue weighted by atomic mass is 32.2. The fourth-order valence-electron chi connectivity index (χ4n) is 2.63. The molecule has 3 rings (SSSR count). The van der Waals surface area contributed by atoms with E-state index >= 15 is 0 Å². The van der Waals surface area contributed by atoms with Gasteiger partial charge >= 0.3 is 12.1 Å². The van der Waals surface area contributed by atoms with Crippen molar-refractivity contribution < 1.29 is 26.4 Å². The number of carbonyl (C=O) groups is 1. The zero-order valence-corrected chi connectivity index (χ0v) is 15.4. The molecule has 0 atom stereocenters. The average molecular weight is 420 g/mol. The van der Waals surface area contributed by atoms with Gasteiger partial charge in [0.1, 0.15) is 0 Å². The van der Waals surface area contributed by atoms with Crippen molar-refractivity contribution in [1.29, 1.82) is 0 Å². The normalized spacial score (nSPS) is 15.7. The fourth-order valence-corrected chi connectivity index (χ4v) is 4.42. The highest BCUT2D eigenvalue weighted by Crippen LogP contribution is 2.24. The molecule has 1 aliphatic heterocycles. The number of anilines is 2. The molecule has 1 N–H and O–H groups in total. The molecule has 2 aromatic rings. The number of alkyl halides is 3. The topological polar surface area (TPSA) is 82.6 Å². The van der Waals surface area contributed by atoms with Crippen LogP contribution >= 0.6 is 11.3 Å². The maximum absolute atomic E-state index is 12.5. The number of piperazine rings is 1. The Bertz CT molecular complexity index is 891. The SMILES string of the molecule is O=C(N1CCN(c2ccc(S(=O)(=O)Nc3nccs3)cc2)CC1)C(F)(F)F. The van der Waals surface area contributed by atoms with E-state index in [0.29, 0.717) is 5.69 Å². The third-order valence-corrected chi connectivity index (χ3v) is 6.15. The summed E-state index contributed by atoms with van der Waals surface area (Å²) in [7, 11) is -3.77. The van der Waals surface area contributed by atoms with Crippen LogP contribution in [0.2, 0.25) is 0 Å². The lowest BCUT2D eigenvalue weighted by Crippen LogP contribution is -2.52. The molecule has 1 amide bonds. The van der Waals surface area contributed by atoms with E-state index in [9.17, 15) is 26.4 Å². The molecule has 27 heavy (non-hydrogen) atoms. The van der Waals surface area contributed by atoms with Crippen molar-refractivity contribution >= 4 is 38.1 Å². The molecule has 0 bridgehead atoms. The number of sulfonamides is 1. The molecule has 2 heterocycles. The van der Waals surface area contributed by atoms with Gasteiger partial charge in [0.25, 0.3) is 10.0 Å². The Labute approximate surface area is 157 Å². The molecule has 7 nitrogen and oxygen atoms in total. The molecule has 1 aromatic heterocycles. The van der Waals surface area contributed by atoms with Gasteiger partial charge in [0.15, 0.2) is 5.13 Å². The van der Waals surface area contributed by atoms with Crippen LogP contribution in [0, 0.1) is 0 Å². The van der Waals surface area contributed by atoms with Gasteiger partial charge in [0.05, 0.1) is 4.90 Å². The number of halogens is 3. The summed E-state index contributed by atoms with van der Waals surface area (Å²) in [6.07, 6.45) is -3.39. The monoisotopic (exact) mass is 420 g/mol. The summed E-state index contributed by atoms with van der Waals surface area (Å²) >= 11 is 1.15. The Hall–Kier alpha value is -2.34. The van der Waals surface area contributed by atoms with Gasteiger partial charge in [-0.2, -0.15) is 13.2 Å². The lowest BCUT2D eigenvalue weighted by atomic mass is 10.2. The van der Waals surface area contributed by atoms with Crippen molar-refractivity contribution in [2.24, 2.45) is 0 Å². The number of thiazole rings is 1. The van der Waals surface area contributed by atoms with Crippen LogP contribution in [0.1, 0.15) is 0 Å². The molecule has 146 valence electrons. The van der Waals surface area contributed by atoms with Gasteiger partial charge < -0.3 is 9.80 Å². The molecular weight excluding hydrogens is 405 g/mol. The van der Waals surface area contributed by atoms with Crippen molar-refractivity contribution in [1.82, 2.24) is 9.88 Å². The van der Waals surface area contributed by atoms with E-state index < -0.39 is 22.1 Å². The number of hydrogen-bond donors (Lipinski definition) is 1. The highest BCUT2D eigenvalue weighted by molar-refractivity contribution is 7.93. The van der Waals surface area contributed by atoms with Crippen molar-refractivity contribution in [2.45, 2.75) is 11.1 Å². The second kappa shape index (κ2) is 7.35. The van der Waals surface area contributed by atoms with Gasteiger partial charge in [-0.1, -0.05) is 0 Å². The molecule has 0 saturated carbocycles. The van der Waals surface area contributed by atoms with Crippen LogP contribution in [0.25, 0.3) is 0 Å². The summed E-state index contributed by atoms with van der Waals surface area (Å²) in [6.45, 7) is 0.352. The summed E-state index contributed by atoms with van der Waals surface area (Å²) in [6, 6.07) is 5.99. The van der Waals surface area contributed by atoms with E-state index in [4.69, 9.17) is 0 Å². The van der Waals surface area contributed by atoms with E-state index in [1.165, 1.54) is 18.3 Å². The van der Waals surface area contributed by atoms with Crippen LogP contribution in [0.3, 0.4) is 0 Å². The Morgan fingerprint density at radius 3 is 2.26 bits per heavy atom. The van der Waals surface area contributed by atoms with Crippen molar-refractivity contribution in [3.63, 3.8) is 0 Å². The first-order valence-corrected chi connectivity index (χ1v) is 10.2. The Kier molecular flexibility index (Phi) is 5.29. The van der Waals surface area contributed by atoms with Crippen LogP contribution < -0.4 is 9.62 Å². The number of hydrogen-bond acceptors (Lipinski definition) is 6. The van der Waals surface area contributed by atoms with Gasteiger partial charge in [0, 0.05) is 43.4 Å². The second-order valence-electron chi connectivity index (χ2n) is 5.71. The number of aromatic nitrogens is 1. The van der Waals surface area contributed by atoms with Crippen molar-refractivity contribution in [3.05, 3.63) is 35.8 Å². The predicted octanol–water partition coefficient (Wildman–Crippen LogP) is 2.15. The van der Waals surface area contributed by atoms with E-state index in [0.717, 1.165) is 16.2 Å². The van der Waals surface area contributed by atoms with Gasteiger partial charge in [-0.05, 0) is 24.3 Å². The summed E-state index contributed by atoms with van der Waals surface area (Å²) in [5, 5.41) is 1.90. The van der Waals surface area contributed by atoms with Gasteiger partial charge in [-0.15, -0.1) is 11.3 Å². The zero-order valence-electron chi connectivity index (χ0n) is 13.8. The summed E-state index contributed by atoms with van der Waals surface area (Å²) in [5.41, 5.74) is 0.669. The first kappa shape index (κ1) is 19.4. The third kappa shape index (κ3) is 4.50. The quantitative estimate of drug-likeness (QED) is 0.820. The van der Waals surface area contributed by atoms with E-state index in [1.54, 1.807) is 22.4 Å². The molecule has 12 heteroatoms. The number of rotatable bonds is 4. The maximum atomic E-state index is 12.5. The van der Waals surface area contributed by atoms with Crippen molar-refractivity contribution in [2.75, 3.05) is 35.8 Å². The molecule has 0 unspecified atom stereocenters. The van der Waals surface area contributed by atoms with E-state index in [2.05, 4.69) is 9.71 Å². The predicted molar refractivity (Wildman–Crippen MR) is 94.2 cm³/mol. The van der Waals surface area contributed by atoms with Crippen LogP contribution in [0.4, 0.5) is 24.0 Å². The standard InChI is InChI=1S/C15H15F3N4O3S2/c16-15(17,18)13(23)22-8-6-21(7-9-22)11-1-3-12(4-2-11)27(24,25)20-14-19-5-10-26-14/h1-5,10H,6-9H2,(H,19,20). The van der Waals surface area contributed by atoms with Crippen LogP contribution in [-0.2, 0) is 14.8 Å². The zero-order chi connectivity index (χ0) is 19.7. The van der Waals surface area contributed by atoms with Crippen LogP contribution in [0.5, 0.6) is 0 Å². The van der Waals surface area contributed by atoms with Crippen LogP contribution in [-0.4, -0.2) is 56.6 Å². The minimum Gasteiger partial charge on any atom is -0.368 e. The summed E-state index contributed by atoms with van der Waals surface area (Å²) in [4.78, 5) is 17.7. The first-order chi connectivity index (χ1) is 12.7. The molecule has 1 aromatic carbocycles. The van der Waals surface area contributed by atoms with Crippen LogP contribution in [0.15, 0.2) is 40.7 Å². The lowest BCUT2D eigenvalue weighted by Gasteiger charge is -2.36. The van der Waals surface area contributed by atoms with Crippen molar-refractivity contribution in [3.8, 4) is 0 Å². The molecule has 1 saturated heterocycles. The minimum absolute atomic E-state index is 0.0485. The Balaban J connectivity index is 1.64. The largest absolute Gasteiger partial charge is 0.471 e. The molecular formula is C15H15F3N4O3S2. The minimum atomic E-state index is -4.87. The Morgan fingerprint density at radius 1 is 1.11 bits per heavy atom. The highest BCUT2D eigenvalue weighted by Gasteiger charge is 2.43. The summed E-state index contributed by atoms with van der Waals surface area (Å²) in [5.74, 6) is -1.84. The average Bonchev–Trinajstić information content (AvgIpc) is 3.13.